The van der Waals surface area contributed by atoms with Gasteiger partial charge in [0.25, 0.3) is 0 Å². The standard InChI is InChI=1S/C18H14F2N2OS/c1-2-8-24-18-16(20)14(10-22)13(9-21)15(19)17(18)23-11-12-6-4-3-5-7-12/h3-7H,2,8,11H2,1H3. The molecule has 0 atom stereocenters. The molecule has 6 heteroatoms. The average molecular weight is 344 g/mol. The molecule has 0 N–H and O–H groups in total. The van der Waals surface area contributed by atoms with Gasteiger partial charge in [-0.1, -0.05) is 37.3 Å². The highest BCUT2D eigenvalue weighted by Gasteiger charge is 2.26. The molecule has 0 amide bonds. The van der Waals surface area contributed by atoms with Crippen LogP contribution < -0.4 is 4.74 Å². The van der Waals surface area contributed by atoms with E-state index in [1.54, 1.807) is 24.3 Å². The van der Waals surface area contributed by atoms with Gasteiger partial charge in [-0.05, 0) is 17.7 Å². The first-order chi connectivity index (χ1) is 11.6. The van der Waals surface area contributed by atoms with Crippen LogP contribution in [0.15, 0.2) is 35.2 Å². The zero-order valence-corrected chi connectivity index (χ0v) is 13.8. The van der Waals surface area contributed by atoms with Crippen molar-refractivity contribution in [1.82, 2.24) is 0 Å². The van der Waals surface area contributed by atoms with Crippen molar-refractivity contribution in [3.63, 3.8) is 0 Å². The zero-order chi connectivity index (χ0) is 17.5. The number of hydrogen-bond acceptors (Lipinski definition) is 4. The maximum atomic E-state index is 14.6. The summed E-state index contributed by atoms with van der Waals surface area (Å²) in [7, 11) is 0. The number of halogens is 2. The minimum Gasteiger partial charge on any atom is -0.484 e. The zero-order valence-electron chi connectivity index (χ0n) is 13.0. The Hall–Kier alpha value is -2.57. The summed E-state index contributed by atoms with van der Waals surface area (Å²) >= 11 is 1.07. The second-order valence-corrected chi connectivity index (χ2v) is 5.99. The molecule has 2 rings (SSSR count). The molecule has 24 heavy (non-hydrogen) atoms. The van der Waals surface area contributed by atoms with Crippen LogP contribution in [-0.4, -0.2) is 5.75 Å². The molecule has 0 aliphatic rings. The van der Waals surface area contributed by atoms with Gasteiger partial charge in [0.2, 0.25) is 0 Å². The number of thioether (sulfide) groups is 1. The first kappa shape index (κ1) is 17.8. The molecular weight excluding hydrogens is 330 g/mol. The topological polar surface area (TPSA) is 56.8 Å². The lowest BCUT2D eigenvalue weighted by Gasteiger charge is -2.15. The van der Waals surface area contributed by atoms with Crippen LogP contribution in [0.5, 0.6) is 5.75 Å². The van der Waals surface area contributed by atoms with E-state index < -0.39 is 22.8 Å². The smallest absolute Gasteiger partial charge is 0.185 e. The van der Waals surface area contributed by atoms with Crippen LogP contribution in [-0.2, 0) is 6.61 Å². The van der Waals surface area contributed by atoms with Crippen LogP contribution in [0.3, 0.4) is 0 Å². The molecule has 0 aromatic heterocycles. The van der Waals surface area contributed by atoms with E-state index in [9.17, 15) is 8.78 Å². The molecule has 0 unspecified atom stereocenters. The molecule has 0 heterocycles. The minimum atomic E-state index is -0.995. The van der Waals surface area contributed by atoms with E-state index in [-0.39, 0.29) is 17.3 Å². The number of ether oxygens (including phenoxy) is 1. The maximum Gasteiger partial charge on any atom is 0.185 e. The SMILES string of the molecule is CCCSc1c(F)c(C#N)c(C#N)c(F)c1OCc1ccccc1. The fraction of sp³-hybridized carbons (Fsp3) is 0.222. The number of rotatable bonds is 6. The van der Waals surface area contributed by atoms with Crippen molar-refractivity contribution in [2.24, 2.45) is 0 Å². The molecule has 2 aromatic carbocycles. The van der Waals surface area contributed by atoms with Crippen molar-refractivity contribution < 1.29 is 13.5 Å². The Balaban J connectivity index is 2.49. The van der Waals surface area contributed by atoms with Gasteiger partial charge >= 0.3 is 0 Å². The Labute approximate surface area is 143 Å². The molecule has 0 spiro atoms. The van der Waals surface area contributed by atoms with E-state index in [4.69, 9.17) is 15.3 Å². The molecule has 0 aliphatic carbocycles. The van der Waals surface area contributed by atoms with Gasteiger partial charge in [0.15, 0.2) is 17.4 Å². The van der Waals surface area contributed by atoms with E-state index >= 15 is 0 Å². The summed E-state index contributed by atoms with van der Waals surface area (Å²) in [5.41, 5.74) is -0.425. The lowest BCUT2D eigenvalue weighted by molar-refractivity contribution is 0.278. The van der Waals surface area contributed by atoms with Crippen LogP contribution >= 0.6 is 11.8 Å². The van der Waals surface area contributed by atoms with Gasteiger partial charge in [0.1, 0.15) is 29.9 Å². The van der Waals surface area contributed by atoms with Crippen LogP contribution in [0.2, 0.25) is 0 Å². The van der Waals surface area contributed by atoms with Gasteiger partial charge in [-0.25, -0.2) is 8.78 Å². The van der Waals surface area contributed by atoms with Crippen molar-refractivity contribution in [3.05, 3.63) is 58.7 Å². The van der Waals surface area contributed by atoms with Crippen molar-refractivity contribution in [3.8, 4) is 17.9 Å². The minimum absolute atomic E-state index is 0.0354. The molecule has 0 fully saturated rings. The van der Waals surface area contributed by atoms with Gasteiger partial charge in [-0.3, -0.25) is 0 Å². The second kappa shape index (κ2) is 8.33. The Morgan fingerprint density at radius 3 is 2.25 bits per heavy atom. The van der Waals surface area contributed by atoms with Crippen molar-refractivity contribution in [2.45, 2.75) is 24.8 Å². The van der Waals surface area contributed by atoms with Crippen LogP contribution in [0.4, 0.5) is 8.78 Å². The number of benzene rings is 2. The van der Waals surface area contributed by atoms with E-state index in [1.165, 1.54) is 0 Å². The fourth-order valence-electron chi connectivity index (χ4n) is 2.05. The molecule has 0 radical (unpaired) electrons. The van der Waals surface area contributed by atoms with Crippen LogP contribution in [0.25, 0.3) is 0 Å². The van der Waals surface area contributed by atoms with Crippen molar-refractivity contribution in [1.29, 1.82) is 10.5 Å². The summed E-state index contributed by atoms with van der Waals surface area (Å²) in [6.07, 6.45) is 0.742. The van der Waals surface area contributed by atoms with Gasteiger partial charge in [-0.2, -0.15) is 10.5 Å². The molecular formula is C18H14F2N2OS. The number of hydrogen-bond donors (Lipinski definition) is 0. The Morgan fingerprint density at radius 2 is 1.67 bits per heavy atom. The summed E-state index contributed by atoms with van der Waals surface area (Å²) in [5, 5.41) is 18.1. The Kier molecular flexibility index (Phi) is 6.17. The Bertz CT molecular complexity index is 811. The first-order valence-corrected chi connectivity index (χ1v) is 8.27. The highest BCUT2D eigenvalue weighted by atomic mass is 32.2. The van der Waals surface area contributed by atoms with Gasteiger partial charge in [0, 0.05) is 0 Å². The van der Waals surface area contributed by atoms with E-state index in [1.807, 2.05) is 25.1 Å². The third-order valence-corrected chi connectivity index (χ3v) is 4.46. The van der Waals surface area contributed by atoms with E-state index in [0.717, 1.165) is 23.7 Å². The summed E-state index contributed by atoms with van der Waals surface area (Å²) in [5.74, 6) is -1.68. The van der Waals surface area contributed by atoms with E-state index in [2.05, 4.69) is 0 Å². The third kappa shape index (κ3) is 3.67. The van der Waals surface area contributed by atoms with Gasteiger partial charge < -0.3 is 4.74 Å². The summed E-state index contributed by atoms with van der Waals surface area (Å²) in [6.45, 7) is 1.94. The second-order valence-electron chi connectivity index (χ2n) is 4.88. The highest BCUT2D eigenvalue weighted by molar-refractivity contribution is 7.99. The lowest BCUT2D eigenvalue weighted by atomic mass is 10.1. The highest BCUT2D eigenvalue weighted by Crippen LogP contribution is 2.39. The summed E-state index contributed by atoms with van der Waals surface area (Å²) < 4.78 is 34.7. The van der Waals surface area contributed by atoms with Crippen LogP contribution in [0, 0.1) is 34.3 Å². The molecule has 0 bridgehead atoms. The van der Waals surface area contributed by atoms with Crippen molar-refractivity contribution >= 4 is 11.8 Å². The predicted octanol–water partition coefficient (Wildman–Crippen LogP) is 4.79. The van der Waals surface area contributed by atoms with E-state index in [0.29, 0.717) is 5.75 Å². The Morgan fingerprint density at radius 1 is 1.04 bits per heavy atom. The maximum absolute atomic E-state index is 14.6. The number of nitriles is 2. The monoisotopic (exact) mass is 344 g/mol. The first-order valence-electron chi connectivity index (χ1n) is 7.28. The molecule has 2 aromatic rings. The molecule has 3 nitrogen and oxygen atoms in total. The summed E-state index contributed by atoms with van der Waals surface area (Å²) in [6, 6.07) is 12.2. The molecule has 0 saturated carbocycles. The van der Waals surface area contributed by atoms with Crippen molar-refractivity contribution in [2.75, 3.05) is 5.75 Å². The van der Waals surface area contributed by atoms with Crippen LogP contribution in [0.1, 0.15) is 30.0 Å². The normalized spacial score (nSPS) is 10.0. The summed E-state index contributed by atoms with van der Waals surface area (Å²) in [4.78, 5) is -0.0687. The lowest BCUT2D eigenvalue weighted by Crippen LogP contribution is -2.06. The predicted molar refractivity (Wildman–Crippen MR) is 87.6 cm³/mol. The third-order valence-electron chi connectivity index (χ3n) is 3.19. The molecule has 0 saturated heterocycles. The van der Waals surface area contributed by atoms with Gasteiger partial charge in [0.05, 0.1) is 4.90 Å². The number of nitrogens with zero attached hydrogens (tertiary/aromatic N) is 2. The molecule has 0 aliphatic heterocycles. The quantitative estimate of drug-likeness (QED) is 0.707. The molecule has 122 valence electrons. The van der Waals surface area contributed by atoms with Gasteiger partial charge in [-0.15, -0.1) is 11.8 Å². The largest absolute Gasteiger partial charge is 0.484 e. The fourth-order valence-corrected chi connectivity index (χ4v) is 2.96. The average Bonchev–Trinajstić information content (AvgIpc) is 2.61.